The van der Waals surface area contributed by atoms with Crippen LogP contribution in [-0.4, -0.2) is 35.8 Å². The second-order valence-electron chi connectivity index (χ2n) is 6.24. The lowest BCUT2D eigenvalue weighted by atomic mass is 9.90. The molecule has 0 amide bonds. The first kappa shape index (κ1) is 14.8. The molecule has 1 aromatic rings. The van der Waals surface area contributed by atoms with Gasteiger partial charge in [0.05, 0.1) is 13.2 Å². The number of halogens is 1. The average molecular weight is 293 g/mol. The van der Waals surface area contributed by atoms with E-state index in [1.165, 1.54) is 6.07 Å². The first-order valence-electron chi connectivity index (χ1n) is 7.96. The molecule has 21 heavy (non-hydrogen) atoms. The van der Waals surface area contributed by atoms with Gasteiger partial charge >= 0.3 is 0 Å². The fraction of sp³-hybridized carbons (Fsp3) is 0.647. The summed E-state index contributed by atoms with van der Waals surface area (Å²) in [7, 11) is 1.65. The third-order valence-electron chi connectivity index (χ3n) is 4.98. The molecule has 1 atom stereocenters. The van der Waals surface area contributed by atoms with Gasteiger partial charge in [-0.1, -0.05) is 0 Å². The zero-order valence-electron chi connectivity index (χ0n) is 12.6. The number of nitrogens with zero attached hydrogens (tertiary/aromatic N) is 1. The summed E-state index contributed by atoms with van der Waals surface area (Å²) in [5.74, 6) is 0.584. The van der Waals surface area contributed by atoms with Crippen molar-refractivity contribution >= 4 is 0 Å². The third-order valence-corrected chi connectivity index (χ3v) is 4.98. The number of hydrogen-bond acceptors (Lipinski definition) is 3. The molecule has 0 radical (unpaired) electrons. The first-order valence-corrected chi connectivity index (χ1v) is 7.96. The van der Waals surface area contributed by atoms with Gasteiger partial charge < -0.3 is 9.84 Å². The molecule has 0 unspecified atom stereocenters. The topological polar surface area (TPSA) is 32.7 Å². The normalized spacial score (nSPS) is 30.5. The van der Waals surface area contributed by atoms with Crippen LogP contribution in [0, 0.1) is 5.82 Å². The molecule has 1 saturated heterocycles. The summed E-state index contributed by atoms with van der Waals surface area (Å²) < 4.78 is 19.1. The van der Waals surface area contributed by atoms with Crippen molar-refractivity contribution in [2.24, 2.45) is 0 Å². The molecule has 0 aromatic heterocycles. The zero-order chi connectivity index (χ0) is 14.8. The number of aliphatic hydroxyl groups excluding tert-OH is 1. The molecule has 1 heterocycles. The van der Waals surface area contributed by atoms with Gasteiger partial charge in [-0.3, -0.25) is 4.90 Å². The standard InChI is InChI=1S/C17H24FNO2/c1-21-17-9-4-12(18)11-15(17)16-3-2-10-19(16)13-5-7-14(20)8-6-13/h4,9,11,13-14,16,20H,2-3,5-8,10H2,1H3/t13?,14?,16-/m1/s1. The molecule has 2 aliphatic rings. The van der Waals surface area contributed by atoms with Gasteiger partial charge in [-0.05, 0) is 63.3 Å². The molecule has 1 aliphatic carbocycles. The van der Waals surface area contributed by atoms with Crippen LogP contribution in [0.25, 0.3) is 0 Å². The molecule has 0 spiro atoms. The second-order valence-corrected chi connectivity index (χ2v) is 6.24. The van der Waals surface area contributed by atoms with Crippen molar-refractivity contribution in [2.75, 3.05) is 13.7 Å². The molecule has 1 aromatic carbocycles. The molecule has 2 fully saturated rings. The maximum absolute atomic E-state index is 13.7. The second kappa shape index (κ2) is 6.32. The van der Waals surface area contributed by atoms with E-state index in [9.17, 15) is 9.50 Å². The van der Waals surface area contributed by atoms with Crippen molar-refractivity contribution in [3.05, 3.63) is 29.6 Å². The Labute approximate surface area is 125 Å². The highest BCUT2D eigenvalue weighted by molar-refractivity contribution is 5.37. The van der Waals surface area contributed by atoms with Gasteiger partial charge in [-0.15, -0.1) is 0 Å². The molecule has 0 bridgehead atoms. The van der Waals surface area contributed by atoms with Crippen molar-refractivity contribution in [1.29, 1.82) is 0 Å². The molecular weight excluding hydrogens is 269 g/mol. The number of methoxy groups -OCH3 is 1. The Morgan fingerprint density at radius 1 is 1.19 bits per heavy atom. The smallest absolute Gasteiger partial charge is 0.123 e. The fourth-order valence-electron chi connectivity index (χ4n) is 3.92. The SMILES string of the molecule is COc1ccc(F)cc1[C@H]1CCCN1C1CCC(O)CC1. The first-order chi connectivity index (χ1) is 10.2. The number of hydrogen-bond donors (Lipinski definition) is 1. The quantitative estimate of drug-likeness (QED) is 0.928. The van der Waals surface area contributed by atoms with E-state index in [-0.39, 0.29) is 18.0 Å². The average Bonchev–Trinajstić information content (AvgIpc) is 2.97. The van der Waals surface area contributed by atoms with Gasteiger partial charge in [-0.2, -0.15) is 0 Å². The lowest BCUT2D eigenvalue weighted by Crippen LogP contribution is -2.38. The molecule has 116 valence electrons. The highest BCUT2D eigenvalue weighted by Crippen LogP contribution is 2.41. The van der Waals surface area contributed by atoms with Gasteiger partial charge in [0.1, 0.15) is 11.6 Å². The lowest BCUT2D eigenvalue weighted by Gasteiger charge is -2.37. The van der Waals surface area contributed by atoms with Crippen LogP contribution in [0.5, 0.6) is 5.75 Å². The minimum atomic E-state index is -0.197. The van der Waals surface area contributed by atoms with E-state index < -0.39 is 0 Å². The van der Waals surface area contributed by atoms with Crippen molar-refractivity contribution < 1.29 is 14.2 Å². The number of ether oxygens (including phenoxy) is 1. The Morgan fingerprint density at radius 2 is 1.95 bits per heavy atom. The van der Waals surface area contributed by atoms with Crippen molar-refractivity contribution in [1.82, 2.24) is 4.90 Å². The van der Waals surface area contributed by atoms with Gasteiger partial charge in [0.2, 0.25) is 0 Å². The van der Waals surface area contributed by atoms with Crippen LogP contribution in [-0.2, 0) is 0 Å². The summed E-state index contributed by atoms with van der Waals surface area (Å²) in [6.07, 6.45) is 5.90. The van der Waals surface area contributed by atoms with Crippen LogP contribution >= 0.6 is 0 Å². The van der Waals surface area contributed by atoms with Crippen molar-refractivity contribution in [3.63, 3.8) is 0 Å². The van der Waals surface area contributed by atoms with E-state index in [4.69, 9.17) is 4.74 Å². The lowest BCUT2D eigenvalue weighted by molar-refractivity contribution is 0.0674. The maximum atomic E-state index is 13.7. The summed E-state index contributed by atoms with van der Waals surface area (Å²) in [5, 5.41) is 9.68. The largest absolute Gasteiger partial charge is 0.496 e. The Hall–Kier alpha value is -1.13. The summed E-state index contributed by atoms with van der Waals surface area (Å²) in [6.45, 7) is 1.06. The number of benzene rings is 1. The molecule has 1 aliphatic heterocycles. The van der Waals surface area contributed by atoms with Gasteiger partial charge in [0.15, 0.2) is 0 Å². The highest BCUT2D eigenvalue weighted by atomic mass is 19.1. The predicted octanol–water partition coefficient (Wildman–Crippen LogP) is 3.27. The van der Waals surface area contributed by atoms with E-state index in [1.807, 2.05) is 0 Å². The van der Waals surface area contributed by atoms with Crippen LogP contribution in [0.15, 0.2) is 18.2 Å². The molecule has 1 N–H and O–H groups in total. The van der Waals surface area contributed by atoms with Crippen molar-refractivity contribution in [3.8, 4) is 5.75 Å². The Bertz CT molecular complexity index is 486. The number of likely N-dealkylation sites (tertiary alicyclic amines) is 1. The number of aliphatic hydroxyl groups is 1. The predicted molar refractivity (Wildman–Crippen MR) is 79.9 cm³/mol. The molecule has 3 rings (SSSR count). The summed E-state index contributed by atoms with van der Waals surface area (Å²) >= 11 is 0. The fourth-order valence-corrected chi connectivity index (χ4v) is 3.92. The molecule has 3 nitrogen and oxygen atoms in total. The highest BCUT2D eigenvalue weighted by Gasteiger charge is 2.35. The van der Waals surface area contributed by atoms with E-state index >= 15 is 0 Å². The van der Waals surface area contributed by atoms with E-state index in [1.54, 1.807) is 19.2 Å². The van der Waals surface area contributed by atoms with Crippen molar-refractivity contribution in [2.45, 2.75) is 56.7 Å². The Balaban J connectivity index is 1.82. The van der Waals surface area contributed by atoms with Crippen LogP contribution in [0.2, 0.25) is 0 Å². The number of rotatable bonds is 3. The third kappa shape index (κ3) is 3.06. The maximum Gasteiger partial charge on any atom is 0.123 e. The van der Waals surface area contributed by atoms with Crippen LogP contribution < -0.4 is 4.74 Å². The summed E-state index contributed by atoms with van der Waals surface area (Å²) in [4.78, 5) is 2.50. The van der Waals surface area contributed by atoms with E-state index in [0.717, 1.165) is 56.4 Å². The van der Waals surface area contributed by atoms with E-state index in [2.05, 4.69) is 4.90 Å². The Morgan fingerprint density at radius 3 is 2.67 bits per heavy atom. The molecule has 4 heteroatoms. The molecular formula is C17H24FNO2. The van der Waals surface area contributed by atoms with Gasteiger partial charge in [-0.25, -0.2) is 4.39 Å². The zero-order valence-corrected chi connectivity index (χ0v) is 12.6. The summed E-state index contributed by atoms with van der Waals surface area (Å²) in [5.41, 5.74) is 0.973. The van der Waals surface area contributed by atoms with Crippen LogP contribution in [0.4, 0.5) is 4.39 Å². The minimum Gasteiger partial charge on any atom is -0.496 e. The minimum absolute atomic E-state index is 0.133. The van der Waals surface area contributed by atoms with Crippen LogP contribution in [0.1, 0.15) is 50.1 Å². The van der Waals surface area contributed by atoms with Gasteiger partial charge in [0, 0.05) is 17.6 Å². The Kier molecular flexibility index (Phi) is 4.45. The summed E-state index contributed by atoms with van der Waals surface area (Å²) in [6, 6.07) is 5.56. The molecule has 1 saturated carbocycles. The van der Waals surface area contributed by atoms with Crippen LogP contribution in [0.3, 0.4) is 0 Å². The van der Waals surface area contributed by atoms with E-state index in [0.29, 0.717) is 6.04 Å². The van der Waals surface area contributed by atoms with Gasteiger partial charge in [0.25, 0.3) is 0 Å². The monoisotopic (exact) mass is 293 g/mol.